The second-order valence-corrected chi connectivity index (χ2v) is 5.29. The highest BCUT2D eigenvalue weighted by Gasteiger charge is 2.12. The molecule has 0 aliphatic heterocycles. The molecule has 0 saturated heterocycles. The maximum absolute atomic E-state index is 3.45. The Kier molecular flexibility index (Phi) is 4.61. The lowest BCUT2D eigenvalue weighted by molar-refractivity contribution is 0.498. The van der Waals surface area contributed by atoms with Crippen molar-refractivity contribution in [1.29, 1.82) is 0 Å². The molecule has 0 heterocycles. The predicted molar refractivity (Wildman–Crippen MR) is 74.5 cm³/mol. The molecule has 1 atom stereocenters. The molecule has 0 saturated carbocycles. The highest BCUT2D eigenvalue weighted by molar-refractivity contribution is 5.35. The number of benzene rings is 1. The Morgan fingerprint density at radius 2 is 2.06 bits per heavy atom. The Hall–Kier alpha value is -0.820. The number of unbranched alkanes of at least 4 members (excludes halogenated alkanes) is 1. The number of likely N-dealkylation sites (N-methyl/N-ethyl adjacent to an activating group) is 1. The Morgan fingerprint density at radius 1 is 1.24 bits per heavy atom. The van der Waals surface area contributed by atoms with Crippen LogP contribution in [0.5, 0.6) is 0 Å². The van der Waals surface area contributed by atoms with Crippen molar-refractivity contribution in [1.82, 2.24) is 5.32 Å². The molecule has 1 heteroatoms. The maximum Gasteiger partial charge on any atom is 0.0104 e. The number of rotatable bonds is 6. The fourth-order valence-electron chi connectivity index (χ4n) is 2.84. The summed E-state index contributed by atoms with van der Waals surface area (Å²) in [5.41, 5.74) is 4.71. The molecule has 1 aliphatic carbocycles. The molecule has 1 unspecified atom stereocenters. The number of hydrogen-bond acceptors (Lipinski definition) is 1. The fourth-order valence-corrected chi connectivity index (χ4v) is 2.84. The molecule has 2 rings (SSSR count). The van der Waals surface area contributed by atoms with Crippen LogP contribution in [0.3, 0.4) is 0 Å². The molecule has 94 valence electrons. The van der Waals surface area contributed by atoms with E-state index in [4.69, 9.17) is 0 Å². The first-order valence-electron chi connectivity index (χ1n) is 7.11. The lowest BCUT2D eigenvalue weighted by atomic mass is 9.98. The SMILES string of the molecule is CCCCC(Cc1ccc2c(c1)CCC2)NC. The fraction of sp³-hybridized carbons (Fsp3) is 0.625. The Morgan fingerprint density at radius 3 is 2.82 bits per heavy atom. The van der Waals surface area contributed by atoms with Gasteiger partial charge in [0.1, 0.15) is 0 Å². The van der Waals surface area contributed by atoms with Crippen LogP contribution in [0.4, 0.5) is 0 Å². The van der Waals surface area contributed by atoms with E-state index in [9.17, 15) is 0 Å². The van der Waals surface area contributed by atoms with E-state index in [-0.39, 0.29) is 0 Å². The number of nitrogens with one attached hydrogen (secondary N) is 1. The third-order valence-electron chi connectivity index (χ3n) is 3.96. The molecule has 1 nitrogen and oxygen atoms in total. The zero-order valence-corrected chi connectivity index (χ0v) is 11.3. The minimum absolute atomic E-state index is 0.648. The zero-order chi connectivity index (χ0) is 12.1. The van der Waals surface area contributed by atoms with Gasteiger partial charge in [0.25, 0.3) is 0 Å². The van der Waals surface area contributed by atoms with E-state index in [1.165, 1.54) is 50.5 Å². The summed E-state index contributed by atoms with van der Waals surface area (Å²) >= 11 is 0. The summed E-state index contributed by atoms with van der Waals surface area (Å²) in [5, 5.41) is 3.45. The zero-order valence-electron chi connectivity index (χ0n) is 11.3. The summed E-state index contributed by atoms with van der Waals surface area (Å²) in [6.45, 7) is 2.27. The summed E-state index contributed by atoms with van der Waals surface area (Å²) in [7, 11) is 2.09. The van der Waals surface area contributed by atoms with E-state index in [0.29, 0.717) is 6.04 Å². The minimum Gasteiger partial charge on any atom is -0.317 e. The molecule has 0 fully saturated rings. The van der Waals surface area contributed by atoms with E-state index in [0.717, 1.165) is 0 Å². The van der Waals surface area contributed by atoms with Crippen LogP contribution in [0.2, 0.25) is 0 Å². The van der Waals surface area contributed by atoms with Crippen LogP contribution in [0, 0.1) is 0 Å². The predicted octanol–water partition coefficient (Wildman–Crippen LogP) is 3.50. The average molecular weight is 231 g/mol. The lowest BCUT2D eigenvalue weighted by Gasteiger charge is -2.16. The maximum atomic E-state index is 3.45. The van der Waals surface area contributed by atoms with Gasteiger partial charge in [0.15, 0.2) is 0 Å². The van der Waals surface area contributed by atoms with Crippen molar-refractivity contribution in [2.75, 3.05) is 7.05 Å². The van der Waals surface area contributed by atoms with Crippen LogP contribution >= 0.6 is 0 Å². The van der Waals surface area contributed by atoms with Crippen molar-refractivity contribution < 1.29 is 0 Å². The van der Waals surface area contributed by atoms with Gasteiger partial charge < -0.3 is 5.32 Å². The van der Waals surface area contributed by atoms with Gasteiger partial charge in [-0.05, 0) is 55.8 Å². The van der Waals surface area contributed by atoms with Crippen LogP contribution in [0.25, 0.3) is 0 Å². The Labute approximate surface area is 106 Å². The third kappa shape index (κ3) is 3.32. The van der Waals surface area contributed by atoms with E-state index < -0.39 is 0 Å². The van der Waals surface area contributed by atoms with Gasteiger partial charge in [-0.25, -0.2) is 0 Å². The summed E-state index contributed by atoms with van der Waals surface area (Å²) in [6.07, 6.45) is 9.04. The van der Waals surface area contributed by atoms with Gasteiger partial charge in [0, 0.05) is 6.04 Å². The van der Waals surface area contributed by atoms with Gasteiger partial charge in [-0.2, -0.15) is 0 Å². The van der Waals surface area contributed by atoms with Gasteiger partial charge in [-0.1, -0.05) is 38.0 Å². The molecule has 17 heavy (non-hydrogen) atoms. The molecule has 1 aromatic carbocycles. The molecular weight excluding hydrogens is 206 g/mol. The largest absolute Gasteiger partial charge is 0.317 e. The van der Waals surface area contributed by atoms with E-state index in [1.807, 2.05) is 0 Å². The second kappa shape index (κ2) is 6.20. The topological polar surface area (TPSA) is 12.0 Å². The molecule has 1 aliphatic rings. The number of aryl methyl sites for hydroxylation is 2. The summed E-state index contributed by atoms with van der Waals surface area (Å²) in [4.78, 5) is 0. The quantitative estimate of drug-likeness (QED) is 0.790. The van der Waals surface area contributed by atoms with Gasteiger partial charge in [-0.15, -0.1) is 0 Å². The first-order chi connectivity index (χ1) is 8.33. The Bertz CT molecular complexity index is 357. The van der Waals surface area contributed by atoms with E-state index in [2.05, 4.69) is 37.5 Å². The van der Waals surface area contributed by atoms with E-state index in [1.54, 1.807) is 11.1 Å². The van der Waals surface area contributed by atoms with Crippen molar-refractivity contribution in [3.8, 4) is 0 Å². The first-order valence-corrected chi connectivity index (χ1v) is 7.11. The summed E-state index contributed by atoms with van der Waals surface area (Å²) in [5.74, 6) is 0. The second-order valence-electron chi connectivity index (χ2n) is 5.29. The first kappa shape index (κ1) is 12.6. The van der Waals surface area contributed by atoms with Crippen LogP contribution in [0.15, 0.2) is 18.2 Å². The Balaban J connectivity index is 1.97. The smallest absolute Gasteiger partial charge is 0.0104 e. The van der Waals surface area contributed by atoms with Crippen LogP contribution in [-0.4, -0.2) is 13.1 Å². The van der Waals surface area contributed by atoms with Crippen LogP contribution in [0.1, 0.15) is 49.3 Å². The molecule has 0 bridgehead atoms. The van der Waals surface area contributed by atoms with Crippen molar-refractivity contribution in [3.05, 3.63) is 34.9 Å². The van der Waals surface area contributed by atoms with Crippen molar-refractivity contribution in [2.45, 2.75) is 57.9 Å². The third-order valence-corrected chi connectivity index (χ3v) is 3.96. The highest BCUT2D eigenvalue weighted by Crippen LogP contribution is 2.23. The average Bonchev–Trinajstić information content (AvgIpc) is 2.81. The molecule has 1 aromatic rings. The lowest BCUT2D eigenvalue weighted by Crippen LogP contribution is -2.27. The van der Waals surface area contributed by atoms with Gasteiger partial charge in [0.05, 0.1) is 0 Å². The van der Waals surface area contributed by atoms with Gasteiger partial charge >= 0.3 is 0 Å². The standard InChI is InChI=1S/C16H25N/c1-3-4-8-16(17-2)12-13-9-10-14-6-5-7-15(14)11-13/h9-11,16-17H,3-8,12H2,1-2H3. The van der Waals surface area contributed by atoms with Crippen LogP contribution < -0.4 is 5.32 Å². The summed E-state index contributed by atoms with van der Waals surface area (Å²) in [6, 6.07) is 7.78. The van der Waals surface area contributed by atoms with Crippen molar-refractivity contribution >= 4 is 0 Å². The van der Waals surface area contributed by atoms with E-state index >= 15 is 0 Å². The normalized spacial score (nSPS) is 15.9. The number of fused-ring (bicyclic) bond motifs is 1. The van der Waals surface area contributed by atoms with Gasteiger partial charge in [0.2, 0.25) is 0 Å². The molecule has 0 amide bonds. The molecule has 0 aromatic heterocycles. The highest BCUT2D eigenvalue weighted by atomic mass is 14.9. The monoisotopic (exact) mass is 231 g/mol. The van der Waals surface area contributed by atoms with Gasteiger partial charge in [-0.3, -0.25) is 0 Å². The van der Waals surface area contributed by atoms with Crippen molar-refractivity contribution in [3.63, 3.8) is 0 Å². The van der Waals surface area contributed by atoms with Crippen LogP contribution in [-0.2, 0) is 19.3 Å². The molecule has 1 N–H and O–H groups in total. The minimum atomic E-state index is 0.648. The molecule has 0 radical (unpaired) electrons. The van der Waals surface area contributed by atoms with Crippen molar-refractivity contribution in [2.24, 2.45) is 0 Å². The molecule has 0 spiro atoms. The molecular formula is C16H25N. The number of hydrogen-bond donors (Lipinski definition) is 1. The summed E-state index contributed by atoms with van der Waals surface area (Å²) < 4.78 is 0.